The van der Waals surface area contributed by atoms with Gasteiger partial charge in [0.1, 0.15) is 5.75 Å². The molecule has 10 nitrogen and oxygen atoms in total. The third-order valence-electron chi connectivity index (χ3n) is 4.91. The molecule has 10 heteroatoms. The van der Waals surface area contributed by atoms with Crippen LogP contribution in [0.1, 0.15) is 18.4 Å². The molecule has 2 aromatic rings. The van der Waals surface area contributed by atoms with Crippen molar-refractivity contribution in [3.8, 4) is 17.2 Å². The summed E-state index contributed by atoms with van der Waals surface area (Å²) < 4.78 is 16.0. The molecule has 2 aromatic carbocycles. The molecular formula is C23H26N4O6. The minimum Gasteiger partial charge on any atom is -0.497 e. The van der Waals surface area contributed by atoms with Crippen LogP contribution in [-0.4, -0.2) is 62.8 Å². The van der Waals surface area contributed by atoms with Gasteiger partial charge in [-0.3, -0.25) is 14.4 Å². The number of amides is 3. The highest BCUT2D eigenvalue weighted by molar-refractivity contribution is 6.39. The Bertz CT molecular complexity index is 1030. The molecule has 0 saturated carbocycles. The van der Waals surface area contributed by atoms with E-state index in [1.165, 1.54) is 20.4 Å². The van der Waals surface area contributed by atoms with Crippen molar-refractivity contribution in [2.45, 2.75) is 12.8 Å². The fourth-order valence-corrected chi connectivity index (χ4v) is 3.19. The molecule has 0 atom stereocenters. The lowest BCUT2D eigenvalue weighted by molar-refractivity contribution is -0.136. The topological polar surface area (TPSA) is 119 Å². The van der Waals surface area contributed by atoms with Crippen LogP contribution in [0, 0.1) is 0 Å². The van der Waals surface area contributed by atoms with Gasteiger partial charge in [-0.05, 0) is 48.7 Å². The number of rotatable bonds is 8. The van der Waals surface area contributed by atoms with E-state index in [1.807, 2.05) is 0 Å². The molecule has 3 amide bonds. The molecule has 0 spiro atoms. The number of nitrogens with one attached hydrogen (secondary N) is 2. The number of benzene rings is 2. The van der Waals surface area contributed by atoms with Crippen LogP contribution in [0.15, 0.2) is 47.6 Å². The van der Waals surface area contributed by atoms with Crippen LogP contribution in [0.2, 0.25) is 0 Å². The Morgan fingerprint density at radius 2 is 1.79 bits per heavy atom. The normalized spacial score (nSPS) is 13.0. The summed E-state index contributed by atoms with van der Waals surface area (Å²) in [6.45, 7) is 1.46. The Labute approximate surface area is 191 Å². The van der Waals surface area contributed by atoms with Crippen molar-refractivity contribution in [1.82, 2.24) is 10.3 Å². The minimum atomic E-state index is -0.929. The van der Waals surface area contributed by atoms with Gasteiger partial charge in [0.25, 0.3) is 5.91 Å². The highest BCUT2D eigenvalue weighted by Gasteiger charge is 2.19. The first-order valence-electron chi connectivity index (χ1n) is 10.4. The van der Waals surface area contributed by atoms with Crippen molar-refractivity contribution in [3.05, 3.63) is 48.0 Å². The Hall–Kier alpha value is -4.08. The summed E-state index contributed by atoms with van der Waals surface area (Å²) in [6, 6.07) is 11.6. The molecule has 1 fully saturated rings. The molecule has 174 valence electrons. The number of carbonyl (C=O) groups excluding carboxylic acids is 3. The summed E-state index contributed by atoms with van der Waals surface area (Å²) in [5.74, 6) is -0.479. The van der Waals surface area contributed by atoms with Gasteiger partial charge in [0.15, 0.2) is 18.1 Å². The second-order valence-corrected chi connectivity index (χ2v) is 7.17. The molecule has 33 heavy (non-hydrogen) atoms. The van der Waals surface area contributed by atoms with E-state index in [2.05, 4.69) is 15.8 Å². The summed E-state index contributed by atoms with van der Waals surface area (Å²) in [5, 5.41) is 6.26. The van der Waals surface area contributed by atoms with Gasteiger partial charge >= 0.3 is 11.8 Å². The number of anilines is 1. The number of carbonyl (C=O) groups is 3. The number of hydrogen-bond acceptors (Lipinski definition) is 7. The average Bonchev–Trinajstić information content (AvgIpc) is 3.38. The monoisotopic (exact) mass is 454 g/mol. The van der Waals surface area contributed by atoms with E-state index in [0.29, 0.717) is 28.5 Å². The SMILES string of the molecule is COc1cccc(NC(=O)C(=O)N/N=C\c2ccc(OCC(=O)N3CCCC3)c(OC)c2)c1. The van der Waals surface area contributed by atoms with Gasteiger partial charge < -0.3 is 24.4 Å². The fourth-order valence-electron chi connectivity index (χ4n) is 3.19. The van der Waals surface area contributed by atoms with Gasteiger partial charge in [-0.15, -0.1) is 0 Å². The first-order chi connectivity index (χ1) is 16.0. The lowest BCUT2D eigenvalue weighted by atomic mass is 10.2. The standard InChI is InChI=1S/C23H26N4O6/c1-31-18-7-5-6-17(13-18)25-22(29)23(30)26-24-14-16-8-9-19(20(12-16)32-2)33-15-21(28)27-10-3-4-11-27/h5-9,12-14H,3-4,10-11,15H2,1-2H3,(H,25,29)(H,26,30)/b24-14-. The maximum Gasteiger partial charge on any atom is 0.329 e. The molecular weight excluding hydrogens is 428 g/mol. The highest BCUT2D eigenvalue weighted by atomic mass is 16.5. The zero-order valence-corrected chi connectivity index (χ0v) is 18.5. The Balaban J connectivity index is 1.52. The number of hydrogen-bond donors (Lipinski definition) is 2. The van der Waals surface area contributed by atoms with Gasteiger partial charge in [0.05, 0.1) is 20.4 Å². The largest absolute Gasteiger partial charge is 0.497 e. The molecule has 2 N–H and O–H groups in total. The van der Waals surface area contributed by atoms with E-state index in [0.717, 1.165) is 25.9 Å². The summed E-state index contributed by atoms with van der Waals surface area (Å²) >= 11 is 0. The van der Waals surface area contributed by atoms with E-state index in [-0.39, 0.29) is 12.5 Å². The summed E-state index contributed by atoms with van der Waals surface area (Å²) in [7, 11) is 2.99. The predicted molar refractivity (Wildman–Crippen MR) is 122 cm³/mol. The summed E-state index contributed by atoms with van der Waals surface area (Å²) in [5.41, 5.74) is 3.18. The molecule has 3 rings (SSSR count). The van der Waals surface area contributed by atoms with E-state index < -0.39 is 11.8 Å². The fraction of sp³-hybridized carbons (Fsp3) is 0.304. The molecule has 0 radical (unpaired) electrons. The van der Waals surface area contributed by atoms with Gasteiger partial charge in [0, 0.05) is 24.8 Å². The van der Waals surface area contributed by atoms with Crippen molar-refractivity contribution in [2.24, 2.45) is 5.10 Å². The van der Waals surface area contributed by atoms with Crippen molar-refractivity contribution in [1.29, 1.82) is 0 Å². The van der Waals surface area contributed by atoms with E-state index in [9.17, 15) is 14.4 Å². The number of methoxy groups -OCH3 is 2. The Kier molecular flexibility index (Phi) is 8.23. The molecule has 1 saturated heterocycles. The van der Waals surface area contributed by atoms with Crippen LogP contribution >= 0.6 is 0 Å². The predicted octanol–water partition coefficient (Wildman–Crippen LogP) is 1.79. The molecule has 0 aromatic heterocycles. The van der Waals surface area contributed by atoms with Crippen LogP contribution in [0.3, 0.4) is 0 Å². The number of hydrazone groups is 1. The quantitative estimate of drug-likeness (QED) is 0.357. The van der Waals surface area contributed by atoms with Crippen LogP contribution in [-0.2, 0) is 14.4 Å². The van der Waals surface area contributed by atoms with E-state index >= 15 is 0 Å². The van der Waals surface area contributed by atoms with Gasteiger partial charge in [-0.25, -0.2) is 5.43 Å². The Morgan fingerprint density at radius 1 is 1.00 bits per heavy atom. The molecule has 1 aliphatic heterocycles. The smallest absolute Gasteiger partial charge is 0.329 e. The van der Waals surface area contributed by atoms with Crippen LogP contribution in [0.5, 0.6) is 17.2 Å². The second kappa shape index (κ2) is 11.5. The molecule has 0 bridgehead atoms. The lowest BCUT2D eigenvalue weighted by Crippen LogP contribution is -2.32. The molecule has 1 heterocycles. The maximum absolute atomic E-state index is 12.2. The van der Waals surface area contributed by atoms with Gasteiger partial charge in [0.2, 0.25) is 0 Å². The summed E-state index contributed by atoms with van der Waals surface area (Å²) in [4.78, 5) is 37.9. The number of likely N-dealkylation sites (tertiary alicyclic amines) is 1. The second-order valence-electron chi connectivity index (χ2n) is 7.17. The molecule has 0 aliphatic carbocycles. The van der Waals surface area contributed by atoms with Crippen molar-refractivity contribution in [3.63, 3.8) is 0 Å². The zero-order valence-electron chi connectivity index (χ0n) is 18.5. The minimum absolute atomic E-state index is 0.0601. The van der Waals surface area contributed by atoms with E-state index in [1.54, 1.807) is 47.4 Å². The lowest BCUT2D eigenvalue weighted by Gasteiger charge is -2.16. The third-order valence-corrected chi connectivity index (χ3v) is 4.91. The third kappa shape index (κ3) is 6.70. The zero-order chi connectivity index (χ0) is 23.6. The van der Waals surface area contributed by atoms with Crippen molar-refractivity contribution in [2.75, 3.05) is 39.2 Å². The highest BCUT2D eigenvalue weighted by Crippen LogP contribution is 2.27. The maximum atomic E-state index is 12.2. The van der Waals surface area contributed by atoms with Crippen LogP contribution in [0.25, 0.3) is 0 Å². The first kappa shape index (κ1) is 23.6. The van der Waals surface area contributed by atoms with Crippen molar-refractivity contribution >= 4 is 29.6 Å². The average molecular weight is 454 g/mol. The Morgan fingerprint density at radius 3 is 2.52 bits per heavy atom. The number of ether oxygens (including phenoxy) is 3. The number of nitrogens with zero attached hydrogens (tertiary/aromatic N) is 2. The molecule has 0 unspecified atom stereocenters. The summed E-state index contributed by atoms with van der Waals surface area (Å²) in [6.07, 6.45) is 3.39. The first-order valence-corrected chi connectivity index (χ1v) is 10.4. The van der Waals surface area contributed by atoms with Crippen LogP contribution < -0.4 is 25.0 Å². The van der Waals surface area contributed by atoms with E-state index in [4.69, 9.17) is 14.2 Å². The van der Waals surface area contributed by atoms with Crippen LogP contribution in [0.4, 0.5) is 5.69 Å². The molecule has 1 aliphatic rings. The van der Waals surface area contributed by atoms with Gasteiger partial charge in [-0.2, -0.15) is 5.10 Å². The van der Waals surface area contributed by atoms with Crippen molar-refractivity contribution < 1.29 is 28.6 Å². The van der Waals surface area contributed by atoms with Gasteiger partial charge in [-0.1, -0.05) is 6.07 Å².